The minimum Gasteiger partial charge on any atom is -0.496 e. The lowest BCUT2D eigenvalue weighted by atomic mass is 10.1. The molecule has 0 saturated carbocycles. The highest BCUT2D eigenvalue weighted by atomic mass is 79.9. The second-order valence-corrected chi connectivity index (χ2v) is 6.97. The fourth-order valence-corrected chi connectivity index (χ4v) is 3.59. The standard InChI is InChI=1S/C15H13BrN2O3S/c1-21-15-7-6-13(10-14(15)16)22(19,20)18-12-4-2-11(3-5-12)8-9-17/h2-7,10,18H,8H2,1H3. The summed E-state index contributed by atoms with van der Waals surface area (Å²) in [6.07, 6.45) is 0.290. The number of nitriles is 1. The molecule has 0 fully saturated rings. The summed E-state index contributed by atoms with van der Waals surface area (Å²) >= 11 is 3.26. The Labute approximate surface area is 137 Å². The maximum atomic E-state index is 12.3. The van der Waals surface area contributed by atoms with Crippen molar-refractivity contribution in [2.45, 2.75) is 11.3 Å². The summed E-state index contributed by atoms with van der Waals surface area (Å²) in [5.41, 5.74) is 1.27. The van der Waals surface area contributed by atoms with E-state index in [1.54, 1.807) is 30.3 Å². The van der Waals surface area contributed by atoms with Crippen molar-refractivity contribution in [3.05, 3.63) is 52.5 Å². The van der Waals surface area contributed by atoms with Crippen LogP contribution < -0.4 is 9.46 Å². The molecule has 0 saturated heterocycles. The predicted octanol–water partition coefficient (Wildman–Crippen LogP) is 3.32. The molecule has 7 heteroatoms. The zero-order chi connectivity index (χ0) is 16.2. The SMILES string of the molecule is COc1ccc(S(=O)(=O)Nc2ccc(CC#N)cc2)cc1Br. The fourth-order valence-electron chi connectivity index (χ4n) is 1.81. The zero-order valence-corrected chi connectivity index (χ0v) is 14.1. The molecule has 0 atom stereocenters. The van der Waals surface area contributed by atoms with Crippen LogP contribution in [0.2, 0.25) is 0 Å². The first-order chi connectivity index (χ1) is 10.5. The van der Waals surface area contributed by atoms with Gasteiger partial charge in [-0.3, -0.25) is 4.72 Å². The quantitative estimate of drug-likeness (QED) is 0.862. The summed E-state index contributed by atoms with van der Waals surface area (Å²) in [5, 5.41) is 8.62. The first-order valence-electron chi connectivity index (χ1n) is 6.28. The van der Waals surface area contributed by atoms with Crippen LogP contribution in [0.1, 0.15) is 5.56 Å². The number of nitrogens with one attached hydrogen (secondary N) is 1. The van der Waals surface area contributed by atoms with Gasteiger partial charge in [-0.1, -0.05) is 12.1 Å². The van der Waals surface area contributed by atoms with E-state index in [1.807, 2.05) is 6.07 Å². The summed E-state index contributed by atoms with van der Waals surface area (Å²) in [6, 6.07) is 13.2. The van der Waals surface area contributed by atoms with Crippen molar-refractivity contribution in [2.24, 2.45) is 0 Å². The van der Waals surface area contributed by atoms with Crippen molar-refractivity contribution in [3.8, 4) is 11.8 Å². The summed E-state index contributed by atoms with van der Waals surface area (Å²) in [4.78, 5) is 0.126. The summed E-state index contributed by atoms with van der Waals surface area (Å²) in [7, 11) is -2.18. The van der Waals surface area contributed by atoms with Crippen LogP contribution in [0.15, 0.2) is 51.8 Å². The molecule has 0 unspecified atom stereocenters. The normalized spacial score (nSPS) is 10.8. The van der Waals surface area contributed by atoms with E-state index in [4.69, 9.17) is 10.00 Å². The maximum Gasteiger partial charge on any atom is 0.261 e. The Balaban J connectivity index is 2.24. The molecule has 0 amide bonds. The highest BCUT2D eigenvalue weighted by molar-refractivity contribution is 9.10. The molecule has 2 aromatic carbocycles. The van der Waals surface area contributed by atoms with Crippen LogP contribution >= 0.6 is 15.9 Å². The minimum absolute atomic E-state index is 0.126. The van der Waals surface area contributed by atoms with Crippen LogP contribution in [0.25, 0.3) is 0 Å². The van der Waals surface area contributed by atoms with Crippen LogP contribution in [0, 0.1) is 11.3 Å². The van der Waals surface area contributed by atoms with Gasteiger partial charge in [0.2, 0.25) is 0 Å². The van der Waals surface area contributed by atoms with Crippen molar-refractivity contribution < 1.29 is 13.2 Å². The molecule has 0 aromatic heterocycles. The average molecular weight is 381 g/mol. The zero-order valence-electron chi connectivity index (χ0n) is 11.7. The van der Waals surface area contributed by atoms with Gasteiger partial charge in [-0.25, -0.2) is 8.42 Å². The summed E-state index contributed by atoms with van der Waals surface area (Å²) in [6.45, 7) is 0. The number of hydrogen-bond acceptors (Lipinski definition) is 4. The van der Waals surface area contributed by atoms with Gasteiger partial charge in [0, 0.05) is 5.69 Å². The third-order valence-electron chi connectivity index (χ3n) is 2.92. The Morgan fingerprint density at radius 3 is 2.45 bits per heavy atom. The largest absolute Gasteiger partial charge is 0.496 e. The molecule has 0 radical (unpaired) electrons. The molecule has 2 aromatic rings. The van der Waals surface area contributed by atoms with E-state index >= 15 is 0 Å². The van der Waals surface area contributed by atoms with Crippen molar-refractivity contribution in [2.75, 3.05) is 11.8 Å². The number of sulfonamides is 1. The summed E-state index contributed by atoms with van der Waals surface area (Å²) < 4.78 is 32.8. The van der Waals surface area contributed by atoms with Crippen molar-refractivity contribution >= 4 is 31.6 Å². The number of rotatable bonds is 5. The van der Waals surface area contributed by atoms with Gasteiger partial charge in [0.25, 0.3) is 10.0 Å². The molecule has 1 N–H and O–H groups in total. The number of hydrogen-bond donors (Lipinski definition) is 1. The average Bonchev–Trinajstić information content (AvgIpc) is 2.49. The second kappa shape index (κ2) is 6.81. The van der Waals surface area contributed by atoms with Gasteiger partial charge in [0.05, 0.1) is 29.0 Å². The lowest BCUT2D eigenvalue weighted by Gasteiger charge is -2.10. The molecular weight excluding hydrogens is 368 g/mol. The lowest BCUT2D eigenvalue weighted by molar-refractivity contribution is 0.411. The fraction of sp³-hybridized carbons (Fsp3) is 0.133. The van der Waals surface area contributed by atoms with Gasteiger partial charge in [-0.05, 0) is 51.8 Å². The lowest BCUT2D eigenvalue weighted by Crippen LogP contribution is -2.13. The molecule has 0 aliphatic rings. The Bertz CT molecular complexity index is 812. The minimum atomic E-state index is -3.69. The first kappa shape index (κ1) is 16.3. The van der Waals surface area contributed by atoms with Gasteiger partial charge in [0.1, 0.15) is 5.75 Å². The van der Waals surface area contributed by atoms with Crippen LogP contribution in [0.4, 0.5) is 5.69 Å². The number of halogens is 1. The third kappa shape index (κ3) is 3.78. The van der Waals surface area contributed by atoms with Gasteiger partial charge in [-0.15, -0.1) is 0 Å². The van der Waals surface area contributed by atoms with E-state index in [1.165, 1.54) is 19.2 Å². The number of benzene rings is 2. The van der Waals surface area contributed by atoms with Gasteiger partial charge >= 0.3 is 0 Å². The van der Waals surface area contributed by atoms with Crippen molar-refractivity contribution in [3.63, 3.8) is 0 Å². The van der Waals surface area contributed by atoms with Gasteiger partial charge in [-0.2, -0.15) is 5.26 Å². The van der Waals surface area contributed by atoms with Crippen LogP contribution in [-0.2, 0) is 16.4 Å². The first-order valence-corrected chi connectivity index (χ1v) is 8.56. The Morgan fingerprint density at radius 2 is 1.91 bits per heavy atom. The van der Waals surface area contributed by atoms with E-state index in [-0.39, 0.29) is 4.90 Å². The molecule has 5 nitrogen and oxygen atoms in total. The molecule has 0 aliphatic carbocycles. The number of ether oxygens (including phenoxy) is 1. The number of nitrogens with zero attached hydrogens (tertiary/aromatic N) is 1. The predicted molar refractivity (Wildman–Crippen MR) is 87.3 cm³/mol. The highest BCUT2D eigenvalue weighted by Crippen LogP contribution is 2.28. The molecule has 0 spiro atoms. The van der Waals surface area contributed by atoms with Gasteiger partial charge in [0.15, 0.2) is 0 Å². The topological polar surface area (TPSA) is 79.2 Å². The van der Waals surface area contributed by atoms with E-state index in [2.05, 4.69) is 20.7 Å². The molecule has 0 bridgehead atoms. The van der Waals surface area contributed by atoms with E-state index in [0.29, 0.717) is 22.3 Å². The molecule has 0 aliphatic heterocycles. The van der Waals surface area contributed by atoms with Crippen molar-refractivity contribution in [1.82, 2.24) is 0 Å². The van der Waals surface area contributed by atoms with E-state index < -0.39 is 10.0 Å². The van der Waals surface area contributed by atoms with E-state index in [9.17, 15) is 8.42 Å². The monoisotopic (exact) mass is 380 g/mol. The van der Waals surface area contributed by atoms with Crippen LogP contribution in [0.3, 0.4) is 0 Å². The van der Waals surface area contributed by atoms with E-state index in [0.717, 1.165) is 5.56 Å². The van der Waals surface area contributed by atoms with Gasteiger partial charge < -0.3 is 4.74 Å². The molecule has 22 heavy (non-hydrogen) atoms. The number of anilines is 1. The van der Waals surface area contributed by atoms with Crippen LogP contribution in [0.5, 0.6) is 5.75 Å². The molecule has 2 rings (SSSR count). The Hall–Kier alpha value is -2.04. The smallest absolute Gasteiger partial charge is 0.261 e. The molecule has 0 heterocycles. The third-order valence-corrected chi connectivity index (χ3v) is 4.92. The maximum absolute atomic E-state index is 12.3. The Kier molecular flexibility index (Phi) is 5.06. The molecule has 114 valence electrons. The number of methoxy groups -OCH3 is 1. The van der Waals surface area contributed by atoms with Crippen molar-refractivity contribution in [1.29, 1.82) is 5.26 Å². The Morgan fingerprint density at radius 1 is 1.23 bits per heavy atom. The molecular formula is C15H13BrN2O3S. The summed E-state index contributed by atoms with van der Waals surface area (Å²) in [5.74, 6) is 0.555. The van der Waals surface area contributed by atoms with Crippen LogP contribution in [-0.4, -0.2) is 15.5 Å². The highest BCUT2D eigenvalue weighted by Gasteiger charge is 2.16. The second-order valence-electron chi connectivity index (χ2n) is 4.43.